The molecule has 0 spiro atoms. The van der Waals surface area contributed by atoms with Gasteiger partial charge >= 0.3 is 0 Å². The van der Waals surface area contributed by atoms with Crippen LogP contribution in [0.2, 0.25) is 0 Å². The lowest BCUT2D eigenvalue weighted by Gasteiger charge is -2.06. The van der Waals surface area contributed by atoms with Crippen molar-refractivity contribution < 1.29 is 0 Å². The Bertz CT molecular complexity index is 842. The molecule has 0 bridgehead atoms. The van der Waals surface area contributed by atoms with Crippen LogP contribution in [0, 0.1) is 18.3 Å². The summed E-state index contributed by atoms with van der Waals surface area (Å²) in [6.45, 7) is 2.06. The zero-order chi connectivity index (χ0) is 15.0. The second-order valence-corrected chi connectivity index (χ2v) is 7.42. The van der Waals surface area contributed by atoms with Gasteiger partial charge in [-0.2, -0.15) is 5.26 Å². The summed E-state index contributed by atoms with van der Waals surface area (Å²) in [5.74, 6) is 0. The summed E-state index contributed by atoms with van der Waals surface area (Å²) in [6, 6.07) is 12.5. The lowest BCUT2D eigenvalue weighted by atomic mass is 10.0. The zero-order valence-electron chi connectivity index (χ0n) is 11.2. The number of halogens is 1. The SMILES string of the molecule is Cc1cc(-c2sc(C#N)c(N)c2-c2cccs2)ccc1Br. The fraction of sp³-hybridized carbons (Fsp3) is 0.0625. The first-order chi connectivity index (χ1) is 10.1. The van der Waals surface area contributed by atoms with Crippen LogP contribution in [0.1, 0.15) is 10.4 Å². The van der Waals surface area contributed by atoms with E-state index in [4.69, 9.17) is 5.73 Å². The van der Waals surface area contributed by atoms with Gasteiger partial charge < -0.3 is 5.73 Å². The smallest absolute Gasteiger partial charge is 0.129 e. The van der Waals surface area contributed by atoms with Crippen molar-refractivity contribution in [2.75, 3.05) is 5.73 Å². The van der Waals surface area contributed by atoms with Crippen molar-refractivity contribution in [1.82, 2.24) is 0 Å². The largest absolute Gasteiger partial charge is 0.396 e. The summed E-state index contributed by atoms with van der Waals surface area (Å²) in [5, 5.41) is 11.3. The number of anilines is 1. The molecule has 0 saturated carbocycles. The van der Waals surface area contributed by atoms with Gasteiger partial charge in [-0.15, -0.1) is 22.7 Å². The van der Waals surface area contributed by atoms with Crippen LogP contribution < -0.4 is 5.73 Å². The topological polar surface area (TPSA) is 49.8 Å². The van der Waals surface area contributed by atoms with Gasteiger partial charge in [-0.25, -0.2) is 0 Å². The Balaban J connectivity index is 2.27. The van der Waals surface area contributed by atoms with Gasteiger partial charge in [-0.1, -0.05) is 28.1 Å². The maximum Gasteiger partial charge on any atom is 0.129 e. The lowest BCUT2D eigenvalue weighted by molar-refractivity contribution is 1.44. The molecule has 0 aliphatic heterocycles. The molecule has 0 amide bonds. The molecule has 2 N–H and O–H groups in total. The van der Waals surface area contributed by atoms with Gasteiger partial charge in [0.25, 0.3) is 0 Å². The van der Waals surface area contributed by atoms with E-state index in [1.54, 1.807) is 11.3 Å². The highest BCUT2D eigenvalue weighted by Gasteiger charge is 2.19. The quantitative estimate of drug-likeness (QED) is 0.628. The number of nitriles is 1. The van der Waals surface area contributed by atoms with E-state index in [1.165, 1.54) is 11.3 Å². The van der Waals surface area contributed by atoms with Gasteiger partial charge in [-0.05, 0) is 41.6 Å². The van der Waals surface area contributed by atoms with Crippen molar-refractivity contribution in [3.05, 3.63) is 50.6 Å². The Morgan fingerprint density at radius 3 is 2.71 bits per heavy atom. The van der Waals surface area contributed by atoms with Crippen molar-refractivity contribution in [3.63, 3.8) is 0 Å². The van der Waals surface area contributed by atoms with E-state index in [2.05, 4.69) is 41.1 Å². The monoisotopic (exact) mass is 374 g/mol. The van der Waals surface area contributed by atoms with Gasteiger partial charge in [0.15, 0.2) is 0 Å². The summed E-state index contributed by atoms with van der Waals surface area (Å²) < 4.78 is 1.08. The number of nitrogens with two attached hydrogens (primary N) is 1. The van der Waals surface area contributed by atoms with Crippen LogP contribution >= 0.6 is 38.6 Å². The predicted molar refractivity (Wildman–Crippen MR) is 94.6 cm³/mol. The minimum atomic E-state index is 0.578. The average molecular weight is 375 g/mol. The Morgan fingerprint density at radius 1 is 1.29 bits per heavy atom. The standard InChI is InChI=1S/C16H11BrN2S2/c1-9-7-10(4-5-11(9)17)16-14(12-3-2-6-20-12)15(19)13(8-18)21-16/h2-7H,19H2,1H3. The molecule has 3 rings (SSSR count). The van der Waals surface area contributed by atoms with Crippen molar-refractivity contribution in [2.24, 2.45) is 0 Å². The summed E-state index contributed by atoms with van der Waals surface area (Å²) in [6.07, 6.45) is 0. The van der Waals surface area contributed by atoms with Gasteiger partial charge in [-0.3, -0.25) is 0 Å². The maximum atomic E-state index is 9.28. The minimum absolute atomic E-state index is 0.578. The molecule has 0 fully saturated rings. The molecule has 0 aliphatic rings. The molecule has 0 unspecified atom stereocenters. The van der Waals surface area contributed by atoms with E-state index in [-0.39, 0.29) is 0 Å². The Kier molecular flexibility index (Phi) is 3.85. The Labute approximate surface area is 139 Å². The molecule has 2 nitrogen and oxygen atoms in total. The summed E-state index contributed by atoms with van der Waals surface area (Å²) in [5.41, 5.74) is 10.0. The van der Waals surface area contributed by atoms with Crippen LogP contribution in [-0.2, 0) is 0 Å². The summed E-state index contributed by atoms with van der Waals surface area (Å²) in [4.78, 5) is 2.73. The lowest BCUT2D eigenvalue weighted by Crippen LogP contribution is -1.88. The van der Waals surface area contributed by atoms with E-state index in [0.29, 0.717) is 10.6 Å². The van der Waals surface area contributed by atoms with Gasteiger partial charge in [0.2, 0.25) is 0 Å². The fourth-order valence-electron chi connectivity index (χ4n) is 2.18. The number of nitrogen functional groups attached to an aromatic ring is 1. The number of nitrogens with zero attached hydrogens (tertiary/aromatic N) is 1. The highest BCUT2D eigenvalue weighted by molar-refractivity contribution is 9.10. The molecule has 104 valence electrons. The van der Waals surface area contributed by atoms with Crippen LogP contribution in [0.4, 0.5) is 5.69 Å². The first kappa shape index (κ1) is 14.3. The molecule has 1 aromatic carbocycles. The molecule has 0 saturated heterocycles. The predicted octanol–water partition coefficient (Wildman–Crippen LogP) is 5.67. The van der Waals surface area contributed by atoms with Crippen LogP contribution in [0.5, 0.6) is 0 Å². The summed E-state index contributed by atoms with van der Waals surface area (Å²) in [7, 11) is 0. The number of rotatable bonds is 2. The molecule has 2 aromatic heterocycles. The molecule has 0 atom stereocenters. The van der Waals surface area contributed by atoms with Crippen LogP contribution in [0.25, 0.3) is 20.9 Å². The van der Waals surface area contributed by atoms with Crippen molar-refractivity contribution >= 4 is 44.3 Å². The Hall–Kier alpha value is -1.61. The van der Waals surface area contributed by atoms with Crippen molar-refractivity contribution in [3.8, 4) is 27.0 Å². The van der Waals surface area contributed by atoms with E-state index in [1.807, 2.05) is 23.6 Å². The normalized spacial score (nSPS) is 10.5. The van der Waals surface area contributed by atoms with Crippen molar-refractivity contribution in [2.45, 2.75) is 6.92 Å². The van der Waals surface area contributed by atoms with Crippen LogP contribution in [0.15, 0.2) is 40.2 Å². The number of hydrogen-bond acceptors (Lipinski definition) is 4. The number of aryl methyl sites for hydroxylation is 1. The third kappa shape index (κ3) is 2.51. The Morgan fingerprint density at radius 2 is 2.10 bits per heavy atom. The van der Waals surface area contributed by atoms with E-state index in [0.717, 1.165) is 30.9 Å². The minimum Gasteiger partial charge on any atom is -0.396 e. The third-order valence-corrected chi connectivity index (χ3v) is 6.17. The third-order valence-electron chi connectivity index (χ3n) is 3.23. The molecule has 0 radical (unpaired) electrons. The van der Waals surface area contributed by atoms with E-state index < -0.39 is 0 Å². The highest BCUT2D eigenvalue weighted by Crippen LogP contribution is 2.46. The first-order valence-electron chi connectivity index (χ1n) is 6.24. The highest BCUT2D eigenvalue weighted by atomic mass is 79.9. The average Bonchev–Trinajstić information content (AvgIpc) is 3.09. The fourth-order valence-corrected chi connectivity index (χ4v) is 4.31. The van der Waals surface area contributed by atoms with Gasteiger partial charge in [0, 0.05) is 19.8 Å². The molecule has 2 heterocycles. The second kappa shape index (κ2) is 5.64. The van der Waals surface area contributed by atoms with Gasteiger partial charge in [0.05, 0.1) is 5.69 Å². The molecule has 0 aliphatic carbocycles. The second-order valence-electron chi connectivity index (χ2n) is 4.60. The number of benzene rings is 1. The van der Waals surface area contributed by atoms with Crippen molar-refractivity contribution in [1.29, 1.82) is 5.26 Å². The van der Waals surface area contributed by atoms with E-state index in [9.17, 15) is 5.26 Å². The van der Waals surface area contributed by atoms with E-state index >= 15 is 0 Å². The first-order valence-corrected chi connectivity index (χ1v) is 8.73. The zero-order valence-corrected chi connectivity index (χ0v) is 14.4. The number of thiophene rings is 2. The summed E-state index contributed by atoms with van der Waals surface area (Å²) >= 11 is 6.62. The molecule has 21 heavy (non-hydrogen) atoms. The van der Waals surface area contributed by atoms with Gasteiger partial charge in [0.1, 0.15) is 10.9 Å². The number of hydrogen-bond donors (Lipinski definition) is 1. The molecular formula is C16H11BrN2S2. The molecule has 3 aromatic rings. The maximum absolute atomic E-state index is 9.28. The van der Waals surface area contributed by atoms with Crippen LogP contribution in [-0.4, -0.2) is 0 Å². The van der Waals surface area contributed by atoms with Crippen LogP contribution in [0.3, 0.4) is 0 Å². The molecule has 5 heteroatoms. The molecular weight excluding hydrogens is 364 g/mol.